The van der Waals surface area contributed by atoms with E-state index in [1.165, 1.54) is 12.1 Å². The minimum Gasteiger partial charge on any atom is -0.356 e. The predicted octanol–water partition coefficient (Wildman–Crippen LogP) is 1.27. The molecule has 4 N–H and O–H groups in total. The van der Waals surface area contributed by atoms with Crippen LogP contribution in [0.2, 0.25) is 0 Å². The Morgan fingerprint density at radius 2 is 1.81 bits per heavy atom. The van der Waals surface area contributed by atoms with E-state index in [4.69, 9.17) is 5.14 Å². The molecule has 1 aromatic carbocycles. The van der Waals surface area contributed by atoms with E-state index in [0.29, 0.717) is 18.4 Å². The molecule has 21 heavy (non-hydrogen) atoms. The Morgan fingerprint density at radius 3 is 2.24 bits per heavy atom. The van der Waals surface area contributed by atoms with Crippen molar-refractivity contribution in [1.29, 1.82) is 0 Å². The fourth-order valence-electron chi connectivity index (χ4n) is 1.50. The quantitative estimate of drug-likeness (QED) is 0.376. The first-order chi connectivity index (χ1) is 9.32. The molecule has 0 atom stereocenters. The van der Waals surface area contributed by atoms with E-state index in [9.17, 15) is 8.42 Å². The number of nitrogens with two attached hydrogens (primary N) is 1. The molecular formula is C13H23IN4O2S. The Kier molecular flexibility index (Phi) is 8.83. The summed E-state index contributed by atoms with van der Waals surface area (Å²) in [5, 5.41) is 11.4. The number of nitrogens with zero attached hydrogens (tertiary/aromatic N) is 1. The van der Waals surface area contributed by atoms with Crippen molar-refractivity contribution in [1.82, 2.24) is 10.6 Å². The van der Waals surface area contributed by atoms with Crippen LogP contribution in [-0.4, -0.2) is 28.0 Å². The number of rotatable bonds is 5. The van der Waals surface area contributed by atoms with Crippen LogP contribution in [0.4, 0.5) is 0 Å². The van der Waals surface area contributed by atoms with Crippen LogP contribution in [-0.2, 0) is 16.6 Å². The van der Waals surface area contributed by atoms with Crippen LogP contribution >= 0.6 is 24.0 Å². The molecule has 0 amide bonds. The average molecular weight is 426 g/mol. The molecular weight excluding hydrogens is 403 g/mol. The molecule has 0 saturated carbocycles. The minimum atomic E-state index is -3.63. The number of benzene rings is 1. The molecule has 0 fully saturated rings. The first-order valence-electron chi connectivity index (χ1n) is 6.39. The summed E-state index contributed by atoms with van der Waals surface area (Å²) in [4.78, 5) is 4.22. The minimum absolute atomic E-state index is 0. The van der Waals surface area contributed by atoms with Gasteiger partial charge in [-0.05, 0) is 23.6 Å². The highest BCUT2D eigenvalue weighted by Crippen LogP contribution is 2.08. The molecule has 120 valence electrons. The van der Waals surface area contributed by atoms with Gasteiger partial charge in [-0.25, -0.2) is 13.6 Å². The van der Waals surface area contributed by atoms with Crippen molar-refractivity contribution >= 4 is 40.0 Å². The summed E-state index contributed by atoms with van der Waals surface area (Å²) in [6, 6.07) is 6.44. The molecule has 0 unspecified atom stereocenters. The van der Waals surface area contributed by atoms with Crippen LogP contribution in [0.1, 0.15) is 19.4 Å². The Balaban J connectivity index is 0.00000400. The van der Waals surface area contributed by atoms with Gasteiger partial charge in [0.1, 0.15) is 0 Å². The molecule has 0 heterocycles. The van der Waals surface area contributed by atoms with Crippen molar-refractivity contribution in [3.8, 4) is 0 Å². The van der Waals surface area contributed by atoms with E-state index >= 15 is 0 Å². The monoisotopic (exact) mass is 426 g/mol. The maximum Gasteiger partial charge on any atom is 0.238 e. The van der Waals surface area contributed by atoms with Gasteiger partial charge in [0, 0.05) is 20.1 Å². The lowest BCUT2D eigenvalue weighted by molar-refractivity contribution is 0.597. The number of hydrogen-bond acceptors (Lipinski definition) is 3. The Morgan fingerprint density at radius 1 is 1.24 bits per heavy atom. The summed E-state index contributed by atoms with van der Waals surface area (Å²) in [5.41, 5.74) is 0.949. The zero-order valence-corrected chi connectivity index (χ0v) is 15.6. The second-order valence-corrected chi connectivity index (χ2v) is 6.45. The van der Waals surface area contributed by atoms with Crippen LogP contribution < -0.4 is 15.8 Å². The number of primary sulfonamides is 1. The highest BCUT2D eigenvalue weighted by atomic mass is 127. The van der Waals surface area contributed by atoms with Crippen LogP contribution in [0.5, 0.6) is 0 Å². The van der Waals surface area contributed by atoms with Gasteiger partial charge in [0.2, 0.25) is 10.0 Å². The third-order valence-electron chi connectivity index (χ3n) is 2.61. The highest BCUT2D eigenvalue weighted by molar-refractivity contribution is 14.0. The van der Waals surface area contributed by atoms with E-state index in [1.54, 1.807) is 19.2 Å². The summed E-state index contributed by atoms with van der Waals surface area (Å²) < 4.78 is 22.3. The third kappa shape index (κ3) is 7.63. The molecule has 0 bridgehead atoms. The second-order valence-electron chi connectivity index (χ2n) is 4.89. The van der Waals surface area contributed by atoms with Gasteiger partial charge in [0.05, 0.1) is 4.90 Å². The van der Waals surface area contributed by atoms with E-state index < -0.39 is 10.0 Å². The summed E-state index contributed by atoms with van der Waals surface area (Å²) in [6.07, 6.45) is 0. The number of aliphatic imine (C=N–C) groups is 1. The van der Waals surface area contributed by atoms with Gasteiger partial charge in [-0.3, -0.25) is 4.99 Å². The number of hydrogen-bond donors (Lipinski definition) is 3. The topological polar surface area (TPSA) is 96.6 Å². The smallest absolute Gasteiger partial charge is 0.238 e. The zero-order valence-electron chi connectivity index (χ0n) is 12.5. The normalized spacial score (nSPS) is 12.0. The van der Waals surface area contributed by atoms with Gasteiger partial charge < -0.3 is 10.6 Å². The van der Waals surface area contributed by atoms with E-state index in [0.717, 1.165) is 12.1 Å². The lowest BCUT2D eigenvalue weighted by Crippen LogP contribution is -2.38. The Bertz CT molecular complexity index is 556. The Hall–Kier alpha value is -0.870. The summed E-state index contributed by atoms with van der Waals surface area (Å²) in [7, 11) is -1.92. The highest BCUT2D eigenvalue weighted by Gasteiger charge is 2.06. The molecule has 0 aromatic heterocycles. The van der Waals surface area contributed by atoms with Crippen LogP contribution in [0.3, 0.4) is 0 Å². The van der Waals surface area contributed by atoms with Gasteiger partial charge in [-0.1, -0.05) is 26.0 Å². The maximum absolute atomic E-state index is 11.1. The van der Waals surface area contributed by atoms with Crippen molar-refractivity contribution in [2.75, 3.05) is 13.6 Å². The van der Waals surface area contributed by atoms with Gasteiger partial charge in [0.25, 0.3) is 0 Å². The lowest BCUT2D eigenvalue weighted by atomic mass is 10.2. The van der Waals surface area contributed by atoms with E-state index in [1.807, 2.05) is 0 Å². The fraction of sp³-hybridized carbons (Fsp3) is 0.462. The van der Waals surface area contributed by atoms with E-state index in [2.05, 4.69) is 29.5 Å². The molecule has 0 aliphatic rings. The average Bonchev–Trinajstić information content (AvgIpc) is 2.38. The Labute approximate surface area is 143 Å². The molecule has 1 aromatic rings. The van der Waals surface area contributed by atoms with Gasteiger partial charge in [-0.15, -0.1) is 24.0 Å². The van der Waals surface area contributed by atoms with Crippen LogP contribution in [0, 0.1) is 5.92 Å². The number of guanidine groups is 1. The SMILES string of the molecule is CN=C(NCc1ccc(S(N)(=O)=O)cc1)NCC(C)C.I. The second kappa shape index (κ2) is 9.21. The van der Waals surface area contributed by atoms with Crippen LogP contribution in [0.25, 0.3) is 0 Å². The summed E-state index contributed by atoms with van der Waals surface area (Å²) >= 11 is 0. The van der Waals surface area contributed by atoms with Gasteiger partial charge >= 0.3 is 0 Å². The van der Waals surface area contributed by atoms with Crippen LogP contribution in [0.15, 0.2) is 34.2 Å². The summed E-state index contributed by atoms with van der Waals surface area (Å²) in [5.74, 6) is 1.25. The number of halogens is 1. The van der Waals surface area contributed by atoms with E-state index in [-0.39, 0.29) is 28.9 Å². The van der Waals surface area contributed by atoms with Crippen molar-refractivity contribution in [2.45, 2.75) is 25.3 Å². The third-order valence-corrected chi connectivity index (χ3v) is 3.54. The standard InChI is InChI=1S/C13H22N4O2S.HI/c1-10(2)8-16-13(15-3)17-9-11-4-6-12(7-5-11)20(14,18)19;/h4-7,10H,8-9H2,1-3H3,(H2,14,18,19)(H2,15,16,17);1H. The largest absolute Gasteiger partial charge is 0.356 e. The number of nitrogens with one attached hydrogen (secondary N) is 2. The van der Waals surface area contributed by atoms with Crippen molar-refractivity contribution in [3.63, 3.8) is 0 Å². The van der Waals surface area contributed by atoms with Crippen molar-refractivity contribution in [2.24, 2.45) is 16.0 Å². The predicted molar refractivity (Wildman–Crippen MR) is 96.3 cm³/mol. The lowest BCUT2D eigenvalue weighted by Gasteiger charge is -2.13. The molecule has 0 saturated heterocycles. The molecule has 6 nitrogen and oxygen atoms in total. The molecule has 8 heteroatoms. The zero-order chi connectivity index (χ0) is 15.2. The van der Waals surface area contributed by atoms with Gasteiger partial charge in [-0.2, -0.15) is 0 Å². The fourth-order valence-corrected chi connectivity index (χ4v) is 2.02. The maximum atomic E-state index is 11.1. The first kappa shape index (κ1) is 20.1. The molecule has 0 aliphatic carbocycles. The van der Waals surface area contributed by atoms with Crippen molar-refractivity contribution < 1.29 is 8.42 Å². The molecule has 0 spiro atoms. The molecule has 0 aliphatic heterocycles. The van der Waals surface area contributed by atoms with Crippen molar-refractivity contribution in [3.05, 3.63) is 29.8 Å². The molecule has 0 radical (unpaired) electrons. The summed E-state index contributed by atoms with van der Waals surface area (Å²) in [6.45, 7) is 5.63. The first-order valence-corrected chi connectivity index (χ1v) is 7.94. The van der Waals surface area contributed by atoms with Gasteiger partial charge in [0.15, 0.2) is 5.96 Å². The number of sulfonamides is 1. The molecule has 1 rings (SSSR count).